The highest BCUT2D eigenvalue weighted by atomic mass is 79.9. The summed E-state index contributed by atoms with van der Waals surface area (Å²) in [4.78, 5) is 0. The van der Waals surface area contributed by atoms with Crippen LogP contribution in [-0.4, -0.2) is 0 Å². The molecule has 2 aromatic carbocycles. The van der Waals surface area contributed by atoms with Gasteiger partial charge in [0, 0.05) is 30.1 Å². The van der Waals surface area contributed by atoms with Crippen molar-refractivity contribution < 1.29 is 4.74 Å². The third-order valence-electron chi connectivity index (χ3n) is 2.62. The lowest BCUT2D eigenvalue weighted by molar-refractivity contribution is 0.106. The molecule has 0 saturated heterocycles. The minimum Gasteiger partial charge on any atom is -0.372 e. The van der Waals surface area contributed by atoms with Crippen molar-refractivity contribution in [3.8, 4) is 0 Å². The molecule has 0 unspecified atom stereocenters. The van der Waals surface area contributed by atoms with Gasteiger partial charge in [0.1, 0.15) is 0 Å². The summed E-state index contributed by atoms with van der Waals surface area (Å²) in [5, 5.41) is 1.38. The SMILES string of the molecule is Clc1cccc(Br)c1COCc1c(Cl)cccc1Br. The Balaban J connectivity index is 2.05. The van der Waals surface area contributed by atoms with Crippen LogP contribution >= 0.6 is 55.1 Å². The van der Waals surface area contributed by atoms with Gasteiger partial charge in [0.25, 0.3) is 0 Å². The second-order valence-corrected chi connectivity index (χ2v) is 6.42. The fourth-order valence-electron chi connectivity index (χ4n) is 1.60. The maximum Gasteiger partial charge on any atom is 0.0747 e. The van der Waals surface area contributed by atoms with E-state index >= 15 is 0 Å². The summed E-state index contributed by atoms with van der Waals surface area (Å²) in [7, 11) is 0. The molecule has 0 spiro atoms. The molecular formula is C14H10Br2Cl2O. The van der Waals surface area contributed by atoms with Crippen molar-refractivity contribution in [1.29, 1.82) is 0 Å². The molecule has 0 aliphatic heterocycles. The molecule has 2 rings (SSSR count). The molecule has 100 valence electrons. The van der Waals surface area contributed by atoms with Crippen LogP contribution in [0.4, 0.5) is 0 Å². The minimum atomic E-state index is 0.428. The molecular weight excluding hydrogens is 415 g/mol. The van der Waals surface area contributed by atoms with Gasteiger partial charge in [-0.05, 0) is 24.3 Å². The molecule has 0 aliphatic carbocycles. The summed E-state index contributed by atoms with van der Waals surface area (Å²) in [5.41, 5.74) is 1.87. The average molecular weight is 425 g/mol. The second-order valence-electron chi connectivity index (χ2n) is 3.89. The zero-order valence-electron chi connectivity index (χ0n) is 9.80. The molecule has 0 radical (unpaired) electrons. The van der Waals surface area contributed by atoms with Gasteiger partial charge >= 0.3 is 0 Å². The van der Waals surface area contributed by atoms with Gasteiger partial charge in [-0.1, -0.05) is 67.2 Å². The van der Waals surface area contributed by atoms with Crippen LogP contribution in [0.15, 0.2) is 45.3 Å². The highest BCUT2D eigenvalue weighted by molar-refractivity contribution is 9.10. The lowest BCUT2D eigenvalue weighted by atomic mass is 10.2. The first-order valence-corrected chi connectivity index (χ1v) is 7.87. The van der Waals surface area contributed by atoms with Crippen LogP contribution in [0.5, 0.6) is 0 Å². The normalized spacial score (nSPS) is 10.7. The van der Waals surface area contributed by atoms with Crippen molar-refractivity contribution in [2.75, 3.05) is 0 Å². The zero-order valence-corrected chi connectivity index (χ0v) is 14.5. The quantitative estimate of drug-likeness (QED) is 0.564. The molecule has 0 N–H and O–H groups in total. The molecule has 0 aromatic heterocycles. The third kappa shape index (κ3) is 3.96. The molecule has 0 heterocycles. The molecule has 0 fully saturated rings. The van der Waals surface area contributed by atoms with Gasteiger partial charge in [-0.3, -0.25) is 0 Å². The van der Waals surface area contributed by atoms with E-state index < -0.39 is 0 Å². The first-order valence-electron chi connectivity index (χ1n) is 5.53. The van der Waals surface area contributed by atoms with Crippen LogP contribution < -0.4 is 0 Å². The predicted molar refractivity (Wildman–Crippen MR) is 86.8 cm³/mol. The number of halogens is 4. The Labute approximate surface area is 139 Å². The van der Waals surface area contributed by atoms with Gasteiger partial charge in [0.05, 0.1) is 13.2 Å². The molecule has 0 amide bonds. The molecule has 0 atom stereocenters. The van der Waals surface area contributed by atoms with Gasteiger partial charge in [0.15, 0.2) is 0 Å². The summed E-state index contributed by atoms with van der Waals surface area (Å²) in [5.74, 6) is 0. The monoisotopic (exact) mass is 422 g/mol. The fourth-order valence-corrected chi connectivity index (χ4v) is 3.24. The highest BCUT2D eigenvalue weighted by Crippen LogP contribution is 2.28. The maximum absolute atomic E-state index is 6.13. The molecule has 5 heteroatoms. The Morgan fingerprint density at radius 1 is 0.789 bits per heavy atom. The lowest BCUT2D eigenvalue weighted by Gasteiger charge is -2.10. The smallest absolute Gasteiger partial charge is 0.0747 e. The number of benzene rings is 2. The van der Waals surface area contributed by atoms with E-state index in [1.54, 1.807) is 0 Å². The molecule has 1 nitrogen and oxygen atoms in total. The average Bonchev–Trinajstić information content (AvgIpc) is 2.36. The Kier molecular flexibility index (Phi) is 5.72. The molecule has 0 saturated carbocycles. The van der Waals surface area contributed by atoms with Crippen molar-refractivity contribution in [2.24, 2.45) is 0 Å². The van der Waals surface area contributed by atoms with E-state index in [0.717, 1.165) is 20.1 Å². The van der Waals surface area contributed by atoms with Crippen LogP contribution in [0.25, 0.3) is 0 Å². The third-order valence-corrected chi connectivity index (χ3v) is 4.81. The highest BCUT2D eigenvalue weighted by Gasteiger charge is 2.08. The Morgan fingerprint density at radius 3 is 1.58 bits per heavy atom. The van der Waals surface area contributed by atoms with Crippen LogP contribution in [0.3, 0.4) is 0 Å². The van der Waals surface area contributed by atoms with Crippen molar-refractivity contribution in [1.82, 2.24) is 0 Å². The van der Waals surface area contributed by atoms with Crippen LogP contribution in [0.2, 0.25) is 10.0 Å². The Hall–Kier alpha value is -0.0600. The van der Waals surface area contributed by atoms with E-state index in [4.69, 9.17) is 27.9 Å². The Bertz CT molecular complexity index is 496. The van der Waals surface area contributed by atoms with E-state index in [1.807, 2.05) is 36.4 Å². The van der Waals surface area contributed by atoms with Gasteiger partial charge in [-0.25, -0.2) is 0 Å². The van der Waals surface area contributed by atoms with Crippen molar-refractivity contribution in [3.05, 3.63) is 66.5 Å². The summed E-state index contributed by atoms with van der Waals surface area (Å²) in [6.07, 6.45) is 0. The van der Waals surface area contributed by atoms with E-state index in [2.05, 4.69) is 31.9 Å². The topological polar surface area (TPSA) is 9.23 Å². The van der Waals surface area contributed by atoms with Crippen LogP contribution in [0, 0.1) is 0 Å². The van der Waals surface area contributed by atoms with Crippen LogP contribution in [0.1, 0.15) is 11.1 Å². The second kappa shape index (κ2) is 7.09. The standard InChI is InChI=1S/C14H10Br2Cl2O/c15-11-3-1-5-13(17)9(11)7-19-8-10-12(16)4-2-6-14(10)18/h1-6H,7-8H2. The van der Waals surface area contributed by atoms with Crippen molar-refractivity contribution in [3.63, 3.8) is 0 Å². The van der Waals surface area contributed by atoms with E-state index in [-0.39, 0.29) is 0 Å². The first kappa shape index (κ1) is 15.3. The minimum absolute atomic E-state index is 0.428. The number of hydrogen-bond acceptors (Lipinski definition) is 1. The summed E-state index contributed by atoms with van der Waals surface area (Å²) < 4.78 is 7.59. The van der Waals surface area contributed by atoms with Gasteiger partial charge < -0.3 is 4.74 Å². The lowest BCUT2D eigenvalue weighted by Crippen LogP contribution is -1.97. The maximum atomic E-state index is 6.13. The summed E-state index contributed by atoms with van der Waals surface area (Å²) in [6, 6.07) is 11.3. The van der Waals surface area contributed by atoms with E-state index in [0.29, 0.717) is 23.3 Å². The molecule has 2 aromatic rings. The first-order chi connectivity index (χ1) is 9.09. The van der Waals surface area contributed by atoms with E-state index in [1.165, 1.54) is 0 Å². The largest absolute Gasteiger partial charge is 0.372 e. The molecule has 19 heavy (non-hydrogen) atoms. The van der Waals surface area contributed by atoms with Gasteiger partial charge in [-0.2, -0.15) is 0 Å². The fraction of sp³-hybridized carbons (Fsp3) is 0.143. The predicted octanol–water partition coefficient (Wildman–Crippen LogP) is 6.24. The summed E-state index contributed by atoms with van der Waals surface area (Å²) in [6.45, 7) is 0.857. The zero-order chi connectivity index (χ0) is 13.8. The molecule has 0 aliphatic rings. The number of ether oxygens (including phenoxy) is 1. The Morgan fingerprint density at radius 2 is 1.21 bits per heavy atom. The van der Waals surface area contributed by atoms with Crippen molar-refractivity contribution >= 4 is 55.1 Å². The van der Waals surface area contributed by atoms with E-state index in [9.17, 15) is 0 Å². The van der Waals surface area contributed by atoms with Crippen LogP contribution in [-0.2, 0) is 18.0 Å². The number of hydrogen-bond donors (Lipinski definition) is 0. The number of rotatable bonds is 4. The van der Waals surface area contributed by atoms with Gasteiger partial charge in [0.2, 0.25) is 0 Å². The molecule has 0 bridgehead atoms. The summed E-state index contributed by atoms with van der Waals surface area (Å²) >= 11 is 19.2. The van der Waals surface area contributed by atoms with Gasteiger partial charge in [-0.15, -0.1) is 0 Å². The van der Waals surface area contributed by atoms with Crippen molar-refractivity contribution in [2.45, 2.75) is 13.2 Å².